The van der Waals surface area contributed by atoms with Crippen molar-refractivity contribution in [3.8, 4) is 0 Å². The van der Waals surface area contributed by atoms with Gasteiger partial charge in [0.15, 0.2) is 0 Å². The molecule has 0 aliphatic heterocycles. The van der Waals surface area contributed by atoms with Crippen molar-refractivity contribution in [1.29, 1.82) is 0 Å². The number of aliphatic hydroxyl groups excluding tert-OH is 1. The number of H-pyrrole nitrogens is 1. The molecule has 2 aromatic heterocycles. The van der Waals surface area contributed by atoms with Gasteiger partial charge < -0.3 is 14.8 Å². The zero-order chi connectivity index (χ0) is 19.8. The van der Waals surface area contributed by atoms with Crippen LogP contribution in [-0.4, -0.2) is 50.9 Å². The Balaban J connectivity index is 1.74. The molecule has 0 bridgehead atoms. The Morgan fingerprint density at radius 3 is 2.74 bits per heavy atom. The van der Waals surface area contributed by atoms with E-state index in [1.807, 2.05) is 20.8 Å². The van der Waals surface area contributed by atoms with Crippen molar-refractivity contribution >= 4 is 21.6 Å². The van der Waals surface area contributed by atoms with Crippen molar-refractivity contribution in [2.24, 2.45) is 0 Å². The summed E-state index contributed by atoms with van der Waals surface area (Å²) >= 11 is 1.66. The molecule has 2 heterocycles. The lowest BCUT2D eigenvalue weighted by Crippen LogP contribution is -2.40. The van der Waals surface area contributed by atoms with E-state index < -0.39 is 6.10 Å². The molecule has 0 unspecified atom stereocenters. The van der Waals surface area contributed by atoms with E-state index in [0.29, 0.717) is 18.9 Å². The van der Waals surface area contributed by atoms with E-state index in [2.05, 4.69) is 23.7 Å². The van der Waals surface area contributed by atoms with Crippen LogP contribution in [0.3, 0.4) is 0 Å². The number of fused-ring (bicyclic) bond motifs is 3. The predicted octanol–water partition coefficient (Wildman–Crippen LogP) is 2.86. The third kappa shape index (κ3) is 4.96. The Morgan fingerprint density at radius 2 is 2.07 bits per heavy atom. The largest absolute Gasteiger partial charge is 0.389 e. The van der Waals surface area contributed by atoms with Crippen LogP contribution in [0.15, 0.2) is 4.79 Å². The second-order valence-electron chi connectivity index (χ2n) is 8.65. The van der Waals surface area contributed by atoms with E-state index in [-0.39, 0.29) is 23.8 Å². The summed E-state index contributed by atoms with van der Waals surface area (Å²) in [5.41, 5.74) is 0.890. The molecule has 6 nitrogen and oxygen atoms in total. The fourth-order valence-corrected chi connectivity index (χ4v) is 4.72. The van der Waals surface area contributed by atoms with Gasteiger partial charge in [0.1, 0.15) is 10.7 Å². The highest BCUT2D eigenvalue weighted by Crippen LogP contribution is 2.34. The van der Waals surface area contributed by atoms with E-state index in [1.54, 1.807) is 11.3 Å². The van der Waals surface area contributed by atoms with Crippen molar-refractivity contribution in [1.82, 2.24) is 14.9 Å². The smallest absolute Gasteiger partial charge is 0.259 e. The van der Waals surface area contributed by atoms with Crippen LogP contribution in [0.25, 0.3) is 10.2 Å². The Hall–Kier alpha value is -1.28. The molecule has 1 aliphatic carbocycles. The molecule has 0 radical (unpaired) electrons. The number of hydrogen-bond acceptors (Lipinski definition) is 6. The number of ether oxygens (including phenoxy) is 1. The van der Waals surface area contributed by atoms with Crippen LogP contribution in [0.5, 0.6) is 0 Å². The average Bonchev–Trinajstić information content (AvgIpc) is 3.11. The van der Waals surface area contributed by atoms with Crippen LogP contribution >= 0.6 is 11.3 Å². The maximum atomic E-state index is 12.6. The number of rotatable bonds is 7. The van der Waals surface area contributed by atoms with Gasteiger partial charge in [0.25, 0.3) is 5.56 Å². The van der Waals surface area contributed by atoms with Crippen LogP contribution in [0.4, 0.5) is 0 Å². The molecule has 150 valence electrons. The predicted molar refractivity (Wildman–Crippen MR) is 110 cm³/mol. The molecule has 7 heteroatoms. The van der Waals surface area contributed by atoms with Gasteiger partial charge in [-0.25, -0.2) is 4.98 Å². The average molecular weight is 394 g/mol. The highest BCUT2D eigenvalue weighted by Gasteiger charge is 2.23. The summed E-state index contributed by atoms with van der Waals surface area (Å²) in [6.07, 6.45) is 2.59. The van der Waals surface area contributed by atoms with E-state index in [1.165, 1.54) is 10.4 Å². The summed E-state index contributed by atoms with van der Waals surface area (Å²) in [5, 5.41) is 11.1. The third-order valence-electron chi connectivity index (χ3n) is 4.86. The lowest BCUT2D eigenvalue weighted by molar-refractivity contribution is -0.0588. The Labute approximate surface area is 164 Å². The number of nitrogens with one attached hydrogen (secondary N) is 1. The molecular formula is C20H31N3O3S. The standard InChI is InChI=1S/C20H31N3O3S/c1-12(2)23(9-13(24)11-26-20(3,4)5)10-16-21-18(25)17-14-7-6-8-15(14)27-19(17)22-16/h12-13,24H,6-11H2,1-5H3,(H,21,22,25)/t13-/m0/s1. The van der Waals surface area contributed by atoms with Gasteiger partial charge in [-0.15, -0.1) is 11.3 Å². The number of aromatic amines is 1. The van der Waals surface area contributed by atoms with Gasteiger partial charge in [-0.3, -0.25) is 9.69 Å². The summed E-state index contributed by atoms with van der Waals surface area (Å²) in [7, 11) is 0. The number of aliphatic hydroxyl groups is 1. The van der Waals surface area contributed by atoms with E-state index in [0.717, 1.165) is 29.5 Å². The number of nitrogens with zero attached hydrogens (tertiary/aromatic N) is 2. The second-order valence-corrected chi connectivity index (χ2v) is 9.73. The van der Waals surface area contributed by atoms with Gasteiger partial charge in [-0.2, -0.15) is 0 Å². The van der Waals surface area contributed by atoms with Crippen molar-refractivity contribution in [2.45, 2.75) is 78.2 Å². The molecule has 3 rings (SSSR count). The maximum Gasteiger partial charge on any atom is 0.259 e. The summed E-state index contributed by atoms with van der Waals surface area (Å²) in [4.78, 5) is 24.6. The first-order valence-corrected chi connectivity index (χ1v) is 10.5. The fourth-order valence-electron chi connectivity index (χ4n) is 3.44. The van der Waals surface area contributed by atoms with Crippen LogP contribution in [-0.2, 0) is 24.1 Å². The Morgan fingerprint density at radius 1 is 1.33 bits per heavy atom. The monoisotopic (exact) mass is 393 g/mol. The third-order valence-corrected chi connectivity index (χ3v) is 6.05. The highest BCUT2D eigenvalue weighted by molar-refractivity contribution is 7.18. The van der Waals surface area contributed by atoms with Gasteiger partial charge in [0.2, 0.25) is 0 Å². The maximum absolute atomic E-state index is 12.6. The van der Waals surface area contributed by atoms with Gasteiger partial charge >= 0.3 is 0 Å². The number of aryl methyl sites for hydroxylation is 2. The summed E-state index contributed by atoms with van der Waals surface area (Å²) in [6, 6.07) is 0.212. The zero-order valence-electron chi connectivity index (χ0n) is 17.0. The molecular weight excluding hydrogens is 362 g/mol. The van der Waals surface area contributed by atoms with Crippen LogP contribution < -0.4 is 5.56 Å². The quantitative estimate of drug-likeness (QED) is 0.756. The van der Waals surface area contributed by atoms with Crippen molar-refractivity contribution in [3.63, 3.8) is 0 Å². The molecule has 1 atom stereocenters. The normalized spacial score (nSPS) is 15.9. The van der Waals surface area contributed by atoms with Crippen molar-refractivity contribution in [2.75, 3.05) is 13.2 Å². The molecule has 0 fully saturated rings. The minimum absolute atomic E-state index is 0.0327. The Kier molecular flexibility index (Phi) is 6.05. The van der Waals surface area contributed by atoms with E-state index in [9.17, 15) is 9.90 Å². The summed E-state index contributed by atoms with van der Waals surface area (Å²) in [5.74, 6) is 0.657. The molecule has 27 heavy (non-hydrogen) atoms. The lowest BCUT2D eigenvalue weighted by Gasteiger charge is -2.29. The van der Waals surface area contributed by atoms with Gasteiger partial charge in [0.05, 0.1) is 30.2 Å². The topological polar surface area (TPSA) is 78.5 Å². The molecule has 0 saturated heterocycles. The zero-order valence-corrected chi connectivity index (χ0v) is 17.8. The van der Waals surface area contributed by atoms with E-state index in [4.69, 9.17) is 9.72 Å². The van der Waals surface area contributed by atoms with E-state index >= 15 is 0 Å². The van der Waals surface area contributed by atoms with Gasteiger partial charge in [0, 0.05) is 17.5 Å². The van der Waals surface area contributed by atoms with Gasteiger partial charge in [-0.1, -0.05) is 0 Å². The second kappa shape index (κ2) is 7.99. The molecule has 0 amide bonds. The molecule has 0 saturated carbocycles. The van der Waals surface area contributed by atoms with Gasteiger partial charge in [-0.05, 0) is 59.4 Å². The number of aromatic nitrogens is 2. The molecule has 1 aliphatic rings. The molecule has 2 aromatic rings. The lowest BCUT2D eigenvalue weighted by atomic mass is 10.2. The van der Waals surface area contributed by atoms with Crippen LogP contribution in [0, 0.1) is 0 Å². The molecule has 0 aromatic carbocycles. The fraction of sp³-hybridized carbons (Fsp3) is 0.700. The first-order valence-electron chi connectivity index (χ1n) is 9.73. The SMILES string of the molecule is CC(C)N(Cc1nc2sc3c(c2c(=O)[nH]1)CCC3)C[C@H](O)COC(C)(C)C. The number of thiophene rings is 1. The summed E-state index contributed by atoms with van der Waals surface area (Å²) < 4.78 is 5.68. The Bertz CT molecular complexity index is 850. The van der Waals surface area contributed by atoms with Crippen molar-refractivity contribution in [3.05, 3.63) is 26.6 Å². The first-order chi connectivity index (χ1) is 12.6. The minimum atomic E-state index is -0.590. The van der Waals surface area contributed by atoms with Crippen LogP contribution in [0.1, 0.15) is 57.3 Å². The van der Waals surface area contributed by atoms with Crippen LogP contribution in [0.2, 0.25) is 0 Å². The number of hydrogen-bond donors (Lipinski definition) is 2. The summed E-state index contributed by atoms with van der Waals surface area (Å²) in [6.45, 7) is 11.3. The first kappa shape index (κ1) is 20.5. The highest BCUT2D eigenvalue weighted by atomic mass is 32.1. The molecule has 0 spiro atoms. The molecule has 2 N–H and O–H groups in total. The minimum Gasteiger partial charge on any atom is -0.389 e. The van der Waals surface area contributed by atoms with Crippen molar-refractivity contribution < 1.29 is 9.84 Å².